The average Bonchev–Trinajstić information content (AvgIpc) is 3.30. The van der Waals surface area contributed by atoms with Crippen LogP contribution < -0.4 is 15.6 Å². The maximum atomic E-state index is 4.16. The zero-order chi connectivity index (χ0) is 38.0. The molecular weight excluding hydrogens is 701 g/mol. The average molecular weight is 739 g/mol. The molecule has 0 bridgehead atoms. The van der Waals surface area contributed by atoms with E-state index in [4.69, 9.17) is 0 Å². The second-order valence-corrected chi connectivity index (χ2v) is 18.1. The molecule has 10 rings (SSSR count). The molecule has 57 heavy (non-hydrogen) atoms. The Bertz CT molecular complexity index is 3010. The van der Waals surface area contributed by atoms with Gasteiger partial charge in [0.15, 0.2) is 0 Å². The minimum Gasteiger partial charge on any atom is -0.109 e. The number of benzene rings is 10. The molecule has 0 unspecified atom stereocenters. The van der Waals surface area contributed by atoms with E-state index in [1.54, 1.807) is 0 Å². The van der Waals surface area contributed by atoms with Crippen molar-refractivity contribution in [2.45, 2.75) is 0 Å². The minimum atomic E-state index is -2.96. The van der Waals surface area contributed by atoms with Gasteiger partial charge in [0.25, 0.3) is 0 Å². The molecule has 0 aliphatic carbocycles. The normalized spacial score (nSPS) is 11.4. The van der Waals surface area contributed by atoms with Gasteiger partial charge in [-0.1, -0.05) is 236 Å². The van der Waals surface area contributed by atoms with Crippen LogP contribution >= 0.6 is 0 Å². The van der Waals surface area contributed by atoms with E-state index in [-0.39, 0.29) is 0 Å². The lowest BCUT2D eigenvalue weighted by atomic mass is 9.85. The summed E-state index contributed by atoms with van der Waals surface area (Å²) in [7, 11) is -2.96. The molecule has 10 aromatic carbocycles. The number of rotatable bonds is 6. The Morgan fingerprint density at radius 3 is 1.25 bits per heavy atom. The van der Waals surface area contributed by atoms with Crippen LogP contribution in [0.15, 0.2) is 231 Å². The monoisotopic (exact) mass is 738 g/mol. The highest BCUT2D eigenvalue weighted by Gasteiger charge is 2.38. The molecule has 0 saturated heterocycles. The Labute approximate surface area is 335 Å². The van der Waals surface area contributed by atoms with Crippen LogP contribution in [-0.4, -0.2) is 8.07 Å². The molecule has 0 spiro atoms. The van der Waals surface area contributed by atoms with Gasteiger partial charge in [-0.2, -0.15) is 0 Å². The van der Waals surface area contributed by atoms with Crippen molar-refractivity contribution in [3.8, 4) is 44.8 Å². The van der Waals surface area contributed by atoms with Gasteiger partial charge in [-0.25, -0.2) is 0 Å². The first-order chi connectivity index (χ1) is 28.3. The van der Waals surface area contributed by atoms with E-state index in [2.05, 4.69) is 242 Å². The molecule has 0 nitrogen and oxygen atoms in total. The summed E-state index contributed by atoms with van der Waals surface area (Å²) in [6, 6.07) is 83.7. The van der Waals surface area contributed by atoms with Crippen LogP contribution in [0.2, 0.25) is 0 Å². The summed E-state index contributed by atoms with van der Waals surface area (Å²) in [5.74, 6) is 3.98. The lowest BCUT2D eigenvalue weighted by molar-refractivity contribution is 1.63. The molecular formula is C56H38Si. The van der Waals surface area contributed by atoms with Gasteiger partial charge in [0.1, 0.15) is 0 Å². The zero-order valence-corrected chi connectivity index (χ0v) is 32.4. The predicted octanol–water partition coefficient (Wildman–Crippen LogP) is 12.2. The summed E-state index contributed by atoms with van der Waals surface area (Å²) in [5, 5.41) is 11.0. The molecule has 0 aliphatic rings. The molecule has 0 amide bonds. The van der Waals surface area contributed by atoms with E-state index in [0.717, 1.165) is 16.3 Å². The highest BCUT2D eigenvalue weighted by molar-refractivity contribution is 7.16. The fourth-order valence-corrected chi connectivity index (χ4v) is 12.6. The molecule has 266 valence electrons. The molecule has 0 atom stereocenters. The molecule has 0 radical (unpaired) electrons. The van der Waals surface area contributed by atoms with Crippen LogP contribution in [0.3, 0.4) is 0 Å². The largest absolute Gasteiger partial charge is 0.230 e. The maximum absolute atomic E-state index is 4.16. The van der Waals surface area contributed by atoms with Crippen LogP contribution in [0.4, 0.5) is 0 Å². The summed E-state index contributed by atoms with van der Waals surface area (Å²) in [6.07, 6.45) is 0. The lowest BCUT2D eigenvalue weighted by Crippen LogP contribution is -2.66. The van der Waals surface area contributed by atoms with Gasteiger partial charge in [0, 0.05) is 5.56 Å². The maximum Gasteiger partial charge on any atom is 0.230 e. The van der Waals surface area contributed by atoms with Gasteiger partial charge < -0.3 is 0 Å². The highest BCUT2D eigenvalue weighted by Crippen LogP contribution is 2.43. The number of hydrogen-bond acceptors (Lipinski definition) is 0. The summed E-state index contributed by atoms with van der Waals surface area (Å²) in [5.41, 5.74) is 12.6. The Hall–Kier alpha value is -7.24. The topological polar surface area (TPSA) is 0 Å². The SMILES string of the molecule is C(#C[Si](c1ccccc1)(c1ccccc1)c1cccc(-c2ccccc2)c1)c1c2ccccc2c(-c2ccc(-c3ccccc3)c3ccccc23)c2ccccc12. The van der Waals surface area contributed by atoms with Crippen LogP contribution in [0.5, 0.6) is 0 Å². The lowest BCUT2D eigenvalue weighted by Gasteiger charge is -2.29. The van der Waals surface area contributed by atoms with Crippen molar-refractivity contribution < 1.29 is 0 Å². The third-order valence-electron chi connectivity index (χ3n) is 11.4. The standard InChI is InChI=1S/C56H38Si/c1-5-20-41(21-6-1)43-24-19-29-46(40-43)57(44-25-9-3-10-26-44,45-27-11-4-12-28-45)39-38-52-50-32-15-17-34-53(50)56(54-35-18-16-33-51(52)54)55-37-36-47(42-22-7-2-8-23-42)48-30-13-14-31-49(48)55/h1-37,40H. The Kier molecular flexibility index (Phi) is 8.88. The molecule has 1 heteroatoms. The molecule has 0 fully saturated rings. The van der Waals surface area contributed by atoms with Gasteiger partial charge in [0.05, 0.1) is 0 Å². The summed E-state index contributed by atoms with van der Waals surface area (Å²) < 4.78 is 0. The van der Waals surface area contributed by atoms with Gasteiger partial charge in [-0.15, -0.1) is 5.54 Å². The first-order valence-electron chi connectivity index (χ1n) is 19.6. The van der Waals surface area contributed by atoms with Crippen molar-refractivity contribution in [1.82, 2.24) is 0 Å². The third kappa shape index (κ3) is 6.05. The van der Waals surface area contributed by atoms with Crippen LogP contribution in [0.25, 0.3) is 65.7 Å². The number of fused-ring (bicyclic) bond motifs is 3. The fraction of sp³-hybridized carbons (Fsp3) is 0. The summed E-state index contributed by atoms with van der Waals surface area (Å²) >= 11 is 0. The van der Waals surface area contributed by atoms with E-state index in [1.165, 1.54) is 70.5 Å². The van der Waals surface area contributed by atoms with Crippen molar-refractivity contribution >= 4 is 56.0 Å². The van der Waals surface area contributed by atoms with E-state index in [1.807, 2.05) is 0 Å². The second-order valence-electron chi connectivity index (χ2n) is 14.6. The van der Waals surface area contributed by atoms with Crippen molar-refractivity contribution in [2.24, 2.45) is 0 Å². The quantitative estimate of drug-likeness (QED) is 0.0690. The highest BCUT2D eigenvalue weighted by atomic mass is 28.3. The van der Waals surface area contributed by atoms with Crippen molar-refractivity contribution in [3.63, 3.8) is 0 Å². The van der Waals surface area contributed by atoms with E-state index in [0.29, 0.717) is 0 Å². The summed E-state index contributed by atoms with van der Waals surface area (Å²) in [6.45, 7) is 0. The van der Waals surface area contributed by atoms with Gasteiger partial charge in [0.2, 0.25) is 8.07 Å². The van der Waals surface area contributed by atoms with Gasteiger partial charge in [-0.05, 0) is 81.3 Å². The number of hydrogen-bond donors (Lipinski definition) is 0. The molecule has 0 aliphatic heterocycles. The Morgan fingerprint density at radius 2 is 0.684 bits per heavy atom. The molecule has 0 aromatic heterocycles. The van der Waals surface area contributed by atoms with E-state index < -0.39 is 8.07 Å². The summed E-state index contributed by atoms with van der Waals surface area (Å²) in [4.78, 5) is 0. The van der Waals surface area contributed by atoms with Crippen LogP contribution in [0.1, 0.15) is 5.56 Å². The molecule has 0 N–H and O–H groups in total. The second kappa shape index (κ2) is 14.8. The molecule has 10 aromatic rings. The van der Waals surface area contributed by atoms with Crippen LogP contribution in [-0.2, 0) is 0 Å². The molecule has 0 saturated carbocycles. The van der Waals surface area contributed by atoms with Crippen molar-refractivity contribution in [3.05, 3.63) is 236 Å². The first kappa shape index (κ1) is 34.3. The zero-order valence-electron chi connectivity index (χ0n) is 31.4. The minimum absolute atomic E-state index is 1.07. The molecule has 0 heterocycles. The fourth-order valence-electron chi connectivity index (χ4n) is 8.75. The first-order valence-corrected chi connectivity index (χ1v) is 21.6. The predicted molar refractivity (Wildman–Crippen MR) is 246 cm³/mol. The van der Waals surface area contributed by atoms with E-state index >= 15 is 0 Å². The Morgan fingerprint density at radius 1 is 0.281 bits per heavy atom. The van der Waals surface area contributed by atoms with Gasteiger partial charge >= 0.3 is 0 Å². The van der Waals surface area contributed by atoms with Crippen molar-refractivity contribution in [1.29, 1.82) is 0 Å². The van der Waals surface area contributed by atoms with Crippen LogP contribution in [0, 0.1) is 11.5 Å². The van der Waals surface area contributed by atoms with E-state index in [9.17, 15) is 0 Å². The van der Waals surface area contributed by atoms with Gasteiger partial charge in [-0.3, -0.25) is 0 Å². The smallest absolute Gasteiger partial charge is 0.109 e. The van der Waals surface area contributed by atoms with Crippen molar-refractivity contribution in [2.75, 3.05) is 0 Å². The Balaban J connectivity index is 1.26. The third-order valence-corrected chi connectivity index (χ3v) is 15.5.